The topological polar surface area (TPSA) is 25.8 Å². The van der Waals surface area contributed by atoms with Crippen molar-refractivity contribution in [1.82, 2.24) is 9.97 Å². The number of thioether (sulfide) groups is 2. The highest BCUT2D eigenvalue weighted by atomic mass is 32.2. The van der Waals surface area contributed by atoms with E-state index in [1.807, 2.05) is 0 Å². The van der Waals surface area contributed by atoms with Crippen LogP contribution in [0.2, 0.25) is 0 Å². The Hall–Kier alpha value is -2.46. The molecule has 4 heterocycles. The summed E-state index contributed by atoms with van der Waals surface area (Å²) in [7, 11) is 0. The number of hydrogen-bond donors (Lipinski definition) is 0. The minimum Gasteiger partial charge on any atom is -0.264 e. The number of hydrogen-bond acceptors (Lipinski definition) is 4. The SMILES string of the molecule is CC12SC(c3cccnc3)=CC1=C1C(=C3C=C(c4cccnc4)SC32C)C(F)(F)C(F)(F)C1(F)F. The van der Waals surface area contributed by atoms with Crippen LogP contribution in [0.15, 0.2) is 83.5 Å². The molecule has 0 radical (unpaired) electrons. The van der Waals surface area contributed by atoms with E-state index >= 15 is 17.6 Å². The molecule has 0 spiro atoms. The minimum absolute atomic E-state index is 0.196. The summed E-state index contributed by atoms with van der Waals surface area (Å²) in [6.07, 6.45) is 8.85. The second kappa shape index (κ2) is 6.85. The Morgan fingerprint density at radius 1 is 0.657 bits per heavy atom. The first-order chi connectivity index (χ1) is 16.4. The standard InChI is InChI=1S/C25H16F6N2S2/c1-21-15(9-17(34-21)13-5-3-7-32-11-13)19-20(24(28,29)25(30,31)23(19,26)27)16-10-18(35-22(16,21)2)14-6-4-8-33-12-14/h3-12H,1-2H3. The van der Waals surface area contributed by atoms with Crippen LogP contribution in [0, 0.1) is 0 Å². The Morgan fingerprint density at radius 3 is 1.40 bits per heavy atom. The van der Waals surface area contributed by atoms with Crippen molar-refractivity contribution in [1.29, 1.82) is 0 Å². The van der Waals surface area contributed by atoms with E-state index in [2.05, 4.69) is 9.97 Å². The highest BCUT2D eigenvalue weighted by Crippen LogP contribution is 2.75. The van der Waals surface area contributed by atoms with Crippen LogP contribution in [0.25, 0.3) is 9.81 Å². The summed E-state index contributed by atoms with van der Waals surface area (Å²) in [6.45, 7) is 3.32. The van der Waals surface area contributed by atoms with Crippen molar-refractivity contribution in [3.8, 4) is 0 Å². The van der Waals surface area contributed by atoms with Gasteiger partial charge in [-0.1, -0.05) is 12.1 Å². The third-order valence-electron chi connectivity index (χ3n) is 7.21. The van der Waals surface area contributed by atoms with Gasteiger partial charge in [-0.15, -0.1) is 23.5 Å². The van der Waals surface area contributed by atoms with Gasteiger partial charge < -0.3 is 0 Å². The third kappa shape index (κ3) is 2.62. The van der Waals surface area contributed by atoms with Gasteiger partial charge in [-0.05, 0) is 49.3 Å². The van der Waals surface area contributed by atoms with Crippen LogP contribution in [0.4, 0.5) is 26.3 Å². The fraction of sp³-hybridized carbons (Fsp3) is 0.280. The lowest BCUT2D eigenvalue weighted by Gasteiger charge is -2.47. The third-order valence-corrected chi connectivity index (χ3v) is 10.6. The zero-order valence-electron chi connectivity index (χ0n) is 18.3. The maximum Gasteiger partial charge on any atom is 0.380 e. The smallest absolute Gasteiger partial charge is 0.264 e. The maximum atomic E-state index is 15.3. The summed E-state index contributed by atoms with van der Waals surface area (Å²) < 4.78 is 88.2. The number of alkyl halides is 6. The van der Waals surface area contributed by atoms with E-state index < -0.39 is 38.4 Å². The van der Waals surface area contributed by atoms with Crippen LogP contribution >= 0.6 is 23.5 Å². The van der Waals surface area contributed by atoms with E-state index in [4.69, 9.17) is 0 Å². The largest absolute Gasteiger partial charge is 0.380 e. The molecule has 4 aliphatic rings. The summed E-state index contributed by atoms with van der Waals surface area (Å²) in [6, 6.07) is 6.75. The fourth-order valence-corrected chi connectivity index (χ4v) is 8.32. The number of nitrogens with zero attached hydrogens (tertiary/aromatic N) is 2. The lowest BCUT2D eigenvalue weighted by Crippen LogP contribution is -2.48. The summed E-state index contributed by atoms with van der Waals surface area (Å²) >= 11 is 2.42. The van der Waals surface area contributed by atoms with Gasteiger partial charge in [0, 0.05) is 56.9 Å². The molecule has 1 saturated carbocycles. The highest BCUT2D eigenvalue weighted by molar-refractivity contribution is 8.14. The van der Waals surface area contributed by atoms with E-state index in [0.29, 0.717) is 20.9 Å². The van der Waals surface area contributed by atoms with Crippen LogP contribution in [-0.4, -0.2) is 37.2 Å². The van der Waals surface area contributed by atoms with Crippen molar-refractivity contribution in [3.05, 3.63) is 94.6 Å². The van der Waals surface area contributed by atoms with Crippen molar-refractivity contribution in [2.45, 2.75) is 41.1 Å². The molecule has 2 unspecified atom stereocenters. The van der Waals surface area contributed by atoms with Crippen molar-refractivity contribution in [2.24, 2.45) is 0 Å². The number of fused-ring (bicyclic) bond motifs is 4. The van der Waals surface area contributed by atoms with Crippen LogP contribution in [0.1, 0.15) is 25.0 Å². The summed E-state index contributed by atoms with van der Waals surface area (Å²) in [5.41, 5.74) is -1.74. The van der Waals surface area contributed by atoms with E-state index in [1.165, 1.54) is 48.1 Å². The Kier molecular flexibility index (Phi) is 4.49. The first-order valence-corrected chi connectivity index (χ1v) is 12.3. The summed E-state index contributed by atoms with van der Waals surface area (Å²) in [5.74, 6) is -15.7. The van der Waals surface area contributed by atoms with Crippen molar-refractivity contribution in [3.63, 3.8) is 0 Å². The minimum atomic E-state index is -5.57. The molecule has 0 N–H and O–H groups in total. The molecule has 1 fully saturated rings. The molecule has 0 saturated heterocycles. The second-order valence-corrected chi connectivity index (χ2v) is 12.0. The zero-order chi connectivity index (χ0) is 25.0. The van der Waals surface area contributed by atoms with Crippen LogP contribution in [0.5, 0.6) is 0 Å². The molecular formula is C25H16F6N2S2. The normalized spacial score (nSPS) is 31.7. The fourth-order valence-electron chi connectivity index (χ4n) is 5.21. The predicted molar refractivity (Wildman–Crippen MR) is 125 cm³/mol. The van der Waals surface area contributed by atoms with Gasteiger partial charge in [-0.25, -0.2) is 0 Å². The molecule has 35 heavy (non-hydrogen) atoms. The van der Waals surface area contributed by atoms with Crippen LogP contribution in [0.3, 0.4) is 0 Å². The molecule has 6 rings (SSSR count). The Bertz CT molecular complexity index is 1290. The van der Waals surface area contributed by atoms with Gasteiger partial charge in [0.2, 0.25) is 0 Å². The monoisotopic (exact) mass is 522 g/mol. The molecule has 2 aliphatic carbocycles. The molecule has 2 aromatic rings. The molecule has 2 aliphatic heterocycles. The van der Waals surface area contributed by atoms with Gasteiger partial charge in [-0.3, -0.25) is 9.97 Å². The number of pyridine rings is 2. The van der Waals surface area contributed by atoms with Gasteiger partial charge in [0.15, 0.2) is 0 Å². The number of rotatable bonds is 2. The molecule has 0 aromatic carbocycles. The first kappa shape index (κ1) is 23.0. The molecular weight excluding hydrogens is 506 g/mol. The van der Waals surface area contributed by atoms with Crippen molar-refractivity contribution < 1.29 is 26.3 Å². The second-order valence-electron chi connectivity index (χ2n) is 9.07. The van der Waals surface area contributed by atoms with Gasteiger partial charge in [-0.2, -0.15) is 26.3 Å². The van der Waals surface area contributed by atoms with Gasteiger partial charge in [0.1, 0.15) is 0 Å². The average molecular weight is 523 g/mol. The number of allylic oxidation sites excluding steroid dienone is 4. The van der Waals surface area contributed by atoms with E-state index in [9.17, 15) is 8.78 Å². The number of halogens is 6. The lowest BCUT2D eigenvalue weighted by molar-refractivity contribution is -0.258. The maximum absolute atomic E-state index is 15.3. The molecule has 10 heteroatoms. The molecule has 0 amide bonds. The zero-order valence-corrected chi connectivity index (χ0v) is 19.9. The Labute approximate surface area is 205 Å². The first-order valence-electron chi connectivity index (χ1n) is 10.6. The molecule has 180 valence electrons. The Balaban J connectivity index is 1.68. The van der Waals surface area contributed by atoms with E-state index in [0.717, 1.165) is 0 Å². The van der Waals surface area contributed by atoms with Crippen LogP contribution < -0.4 is 0 Å². The summed E-state index contributed by atoms with van der Waals surface area (Å²) in [4.78, 5) is 9.13. The van der Waals surface area contributed by atoms with Gasteiger partial charge in [0.25, 0.3) is 0 Å². The Morgan fingerprint density at radius 2 is 1.06 bits per heavy atom. The van der Waals surface area contributed by atoms with E-state index in [1.54, 1.807) is 50.5 Å². The molecule has 2 atom stereocenters. The average Bonchev–Trinajstić information content (AvgIpc) is 3.40. The molecule has 2 aromatic heterocycles. The quantitative estimate of drug-likeness (QED) is 0.384. The van der Waals surface area contributed by atoms with Gasteiger partial charge in [0.05, 0.1) is 9.49 Å². The van der Waals surface area contributed by atoms with Crippen molar-refractivity contribution >= 4 is 33.3 Å². The molecule has 0 bridgehead atoms. The van der Waals surface area contributed by atoms with Crippen molar-refractivity contribution in [2.75, 3.05) is 0 Å². The predicted octanol–water partition coefficient (Wildman–Crippen LogP) is 7.40. The van der Waals surface area contributed by atoms with E-state index in [-0.39, 0.29) is 11.1 Å². The van der Waals surface area contributed by atoms with Gasteiger partial charge >= 0.3 is 17.8 Å². The lowest BCUT2D eigenvalue weighted by atomic mass is 9.71. The molecule has 2 nitrogen and oxygen atoms in total. The summed E-state index contributed by atoms with van der Waals surface area (Å²) in [5, 5.41) is 0. The number of aromatic nitrogens is 2. The highest BCUT2D eigenvalue weighted by Gasteiger charge is 2.84. The van der Waals surface area contributed by atoms with Crippen LogP contribution in [-0.2, 0) is 0 Å².